The average molecular weight is 212 g/mol. The van der Waals surface area contributed by atoms with Gasteiger partial charge in [0.25, 0.3) is 10.9 Å². The Morgan fingerprint density at radius 1 is 1.57 bits per heavy atom. The number of nitro benzene ring substituents is 1. The molecular formula is C8H10N3O2S+. The summed E-state index contributed by atoms with van der Waals surface area (Å²) in [4.78, 5) is 10.2. The second-order valence-corrected chi connectivity index (χ2v) is 3.63. The molecule has 0 aliphatic rings. The molecule has 1 aromatic rings. The molecule has 1 aromatic carbocycles. The Balaban J connectivity index is 2.84. The summed E-state index contributed by atoms with van der Waals surface area (Å²) >= 11 is 1.18. The molecule has 0 bridgehead atoms. The molecule has 0 radical (unpaired) electrons. The van der Waals surface area contributed by atoms with Crippen molar-refractivity contribution in [3.05, 3.63) is 39.9 Å². The van der Waals surface area contributed by atoms with Crippen LogP contribution in [0.1, 0.15) is 5.56 Å². The second-order valence-electron chi connectivity index (χ2n) is 2.58. The minimum Gasteiger partial charge on any atom is -0.282 e. The van der Waals surface area contributed by atoms with E-state index < -0.39 is 4.92 Å². The highest BCUT2D eigenvalue weighted by Gasteiger charge is 2.12. The van der Waals surface area contributed by atoms with E-state index >= 15 is 0 Å². The van der Waals surface area contributed by atoms with Crippen LogP contribution in [0, 0.1) is 10.1 Å². The van der Waals surface area contributed by atoms with Gasteiger partial charge in [-0.1, -0.05) is 18.2 Å². The highest BCUT2D eigenvalue weighted by molar-refractivity contribution is 8.12. The van der Waals surface area contributed by atoms with E-state index in [1.54, 1.807) is 18.2 Å². The molecule has 4 N–H and O–H groups in total. The SMILES string of the molecule is NC(=[NH2+])SCc1ccccc1[N+](=O)[O-]. The van der Waals surface area contributed by atoms with E-state index in [4.69, 9.17) is 11.1 Å². The van der Waals surface area contributed by atoms with Crippen molar-refractivity contribution in [1.82, 2.24) is 0 Å². The third kappa shape index (κ3) is 2.74. The molecule has 0 atom stereocenters. The summed E-state index contributed by atoms with van der Waals surface area (Å²) in [5, 5.41) is 16.1. The third-order valence-electron chi connectivity index (χ3n) is 1.58. The number of hydrogen-bond donors (Lipinski definition) is 2. The van der Waals surface area contributed by atoms with Gasteiger partial charge in [0, 0.05) is 17.4 Å². The van der Waals surface area contributed by atoms with Crippen LogP contribution in [0.3, 0.4) is 0 Å². The average Bonchev–Trinajstić information content (AvgIpc) is 2.15. The molecule has 6 heteroatoms. The Morgan fingerprint density at radius 3 is 2.79 bits per heavy atom. The number of thioether (sulfide) groups is 1. The molecule has 0 unspecified atom stereocenters. The number of nitro groups is 1. The maximum absolute atomic E-state index is 10.6. The number of benzene rings is 1. The zero-order valence-corrected chi connectivity index (χ0v) is 8.16. The molecule has 0 aliphatic carbocycles. The fourth-order valence-corrected chi connectivity index (χ4v) is 1.54. The van der Waals surface area contributed by atoms with Crippen molar-refractivity contribution in [2.75, 3.05) is 0 Å². The second kappa shape index (κ2) is 4.61. The van der Waals surface area contributed by atoms with Crippen molar-refractivity contribution in [3.63, 3.8) is 0 Å². The van der Waals surface area contributed by atoms with Gasteiger partial charge in [-0.3, -0.25) is 21.3 Å². The number of hydrogen-bond acceptors (Lipinski definition) is 3. The number of rotatable bonds is 3. The largest absolute Gasteiger partial charge is 0.300 e. The van der Waals surface area contributed by atoms with Gasteiger partial charge in [0.1, 0.15) is 0 Å². The molecule has 0 fully saturated rings. The van der Waals surface area contributed by atoms with Gasteiger partial charge in [0.2, 0.25) is 0 Å². The molecule has 0 aromatic heterocycles. The zero-order chi connectivity index (χ0) is 10.6. The van der Waals surface area contributed by atoms with Gasteiger partial charge in [-0.15, -0.1) is 0 Å². The Morgan fingerprint density at radius 2 is 2.21 bits per heavy atom. The molecule has 14 heavy (non-hydrogen) atoms. The normalized spacial score (nSPS) is 9.71. The lowest BCUT2D eigenvalue weighted by molar-refractivity contribution is -0.385. The van der Waals surface area contributed by atoms with Crippen molar-refractivity contribution in [2.24, 2.45) is 5.73 Å². The van der Waals surface area contributed by atoms with Crippen LogP contribution >= 0.6 is 11.8 Å². The lowest BCUT2D eigenvalue weighted by Crippen LogP contribution is -2.43. The summed E-state index contributed by atoms with van der Waals surface area (Å²) in [6.07, 6.45) is 0. The predicted molar refractivity (Wildman–Crippen MR) is 55.5 cm³/mol. The first-order chi connectivity index (χ1) is 6.61. The maximum atomic E-state index is 10.6. The molecule has 0 amide bonds. The fraction of sp³-hybridized carbons (Fsp3) is 0.125. The van der Waals surface area contributed by atoms with E-state index in [-0.39, 0.29) is 10.9 Å². The summed E-state index contributed by atoms with van der Waals surface area (Å²) in [7, 11) is 0. The van der Waals surface area contributed by atoms with Crippen LogP contribution in [-0.4, -0.2) is 10.1 Å². The van der Waals surface area contributed by atoms with Crippen molar-refractivity contribution in [3.8, 4) is 0 Å². The number of nitrogens with zero attached hydrogens (tertiary/aromatic N) is 1. The van der Waals surface area contributed by atoms with Crippen LogP contribution in [-0.2, 0) is 5.75 Å². The number of para-hydroxylation sites is 1. The Hall–Kier alpha value is -1.56. The van der Waals surface area contributed by atoms with E-state index in [0.717, 1.165) is 0 Å². The van der Waals surface area contributed by atoms with Gasteiger partial charge < -0.3 is 0 Å². The minimum atomic E-state index is -0.414. The Labute approximate surface area is 85.0 Å². The van der Waals surface area contributed by atoms with E-state index in [1.807, 2.05) is 0 Å². The van der Waals surface area contributed by atoms with Crippen molar-refractivity contribution >= 4 is 22.6 Å². The minimum absolute atomic E-state index is 0.0984. The monoisotopic (exact) mass is 212 g/mol. The molecule has 1 rings (SSSR count). The van der Waals surface area contributed by atoms with Crippen molar-refractivity contribution < 1.29 is 10.3 Å². The van der Waals surface area contributed by atoms with Gasteiger partial charge in [-0.2, -0.15) is 0 Å². The summed E-state index contributed by atoms with van der Waals surface area (Å²) in [5.41, 5.74) is 5.97. The van der Waals surface area contributed by atoms with Crippen LogP contribution in [0.2, 0.25) is 0 Å². The third-order valence-corrected chi connectivity index (χ3v) is 2.37. The summed E-state index contributed by atoms with van der Waals surface area (Å²) < 4.78 is 0. The lowest BCUT2D eigenvalue weighted by atomic mass is 10.2. The molecule has 0 spiro atoms. The Kier molecular flexibility index (Phi) is 3.47. The smallest absolute Gasteiger partial charge is 0.282 e. The van der Waals surface area contributed by atoms with Crippen LogP contribution < -0.4 is 11.1 Å². The van der Waals surface area contributed by atoms with Gasteiger partial charge in [0.15, 0.2) is 0 Å². The maximum Gasteiger partial charge on any atom is 0.300 e. The first-order valence-corrected chi connectivity index (χ1v) is 4.83. The topological polar surface area (TPSA) is 94.8 Å². The van der Waals surface area contributed by atoms with Crippen LogP contribution in [0.5, 0.6) is 0 Å². The number of amidine groups is 1. The van der Waals surface area contributed by atoms with Crippen LogP contribution in [0.4, 0.5) is 5.69 Å². The quantitative estimate of drug-likeness (QED) is 0.316. The van der Waals surface area contributed by atoms with Gasteiger partial charge >= 0.3 is 0 Å². The summed E-state index contributed by atoms with van der Waals surface area (Å²) in [5.74, 6) is 0.416. The van der Waals surface area contributed by atoms with E-state index in [2.05, 4.69) is 0 Å². The van der Waals surface area contributed by atoms with E-state index in [1.165, 1.54) is 17.8 Å². The first-order valence-electron chi connectivity index (χ1n) is 3.84. The fourth-order valence-electron chi connectivity index (χ4n) is 0.972. The van der Waals surface area contributed by atoms with Gasteiger partial charge in [0.05, 0.1) is 4.92 Å². The summed E-state index contributed by atoms with van der Waals surface area (Å²) in [6.45, 7) is 0. The summed E-state index contributed by atoms with van der Waals surface area (Å²) in [6, 6.07) is 6.52. The Bertz CT molecular complexity index is 367. The molecule has 0 heterocycles. The van der Waals surface area contributed by atoms with Gasteiger partial charge in [-0.05, 0) is 11.8 Å². The van der Waals surface area contributed by atoms with Crippen LogP contribution in [0.15, 0.2) is 24.3 Å². The van der Waals surface area contributed by atoms with Gasteiger partial charge in [-0.25, -0.2) is 0 Å². The van der Waals surface area contributed by atoms with E-state index in [0.29, 0.717) is 11.3 Å². The molecular weight excluding hydrogens is 202 g/mol. The molecule has 0 saturated heterocycles. The van der Waals surface area contributed by atoms with Crippen LogP contribution in [0.25, 0.3) is 0 Å². The van der Waals surface area contributed by atoms with Crippen molar-refractivity contribution in [2.45, 2.75) is 5.75 Å². The highest BCUT2D eigenvalue weighted by atomic mass is 32.2. The first kappa shape index (κ1) is 10.5. The molecule has 0 saturated carbocycles. The predicted octanol–water partition coefficient (Wildman–Crippen LogP) is -0.0982. The lowest BCUT2D eigenvalue weighted by Gasteiger charge is -1.99. The molecule has 5 nitrogen and oxygen atoms in total. The highest BCUT2D eigenvalue weighted by Crippen LogP contribution is 2.21. The van der Waals surface area contributed by atoms with E-state index in [9.17, 15) is 10.1 Å². The zero-order valence-electron chi connectivity index (χ0n) is 7.34. The number of nitrogens with two attached hydrogens (primary N) is 2. The van der Waals surface area contributed by atoms with Crippen molar-refractivity contribution in [1.29, 1.82) is 0 Å². The molecule has 0 aliphatic heterocycles. The molecule has 74 valence electrons. The standard InChI is InChI=1S/C8H9N3O2S/c9-8(10)14-5-6-3-1-2-4-7(6)11(12)13/h1-4H,5H2,(H3,9,10)/p+1.